The molecule has 0 fully saturated rings. The maximum absolute atomic E-state index is 13.2. The van der Waals surface area contributed by atoms with E-state index >= 15 is 0 Å². The molecular weight excluding hydrogens is 574 g/mol. The summed E-state index contributed by atoms with van der Waals surface area (Å²) >= 11 is 6.90. The summed E-state index contributed by atoms with van der Waals surface area (Å²) in [4.78, 5) is 25.5. The van der Waals surface area contributed by atoms with Crippen molar-refractivity contribution in [2.45, 2.75) is 52.9 Å². The summed E-state index contributed by atoms with van der Waals surface area (Å²) in [6.45, 7) is 7.85. The smallest absolute Gasteiger partial charge is 0.428 e. The van der Waals surface area contributed by atoms with Crippen LogP contribution in [0.4, 0.5) is 4.79 Å². The molecule has 10 nitrogen and oxygen atoms in total. The normalized spacial score (nSPS) is 11.4. The Morgan fingerprint density at radius 2 is 1.40 bits per heavy atom. The third-order valence-corrected chi connectivity index (χ3v) is 6.20. The lowest BCUT2D eigenvalue weighted by molar-refractivity contribution is -0.114. The van der Waals surface area contributed by atoms with Gasteiger partial charge in [0.1, 0.15) is 30.3 Å². The number of hydrogen-bond donors (Lipinski definition) is 2. The molecule has 3 aromatic carbocycles. The Bertz CT molecular complexity index is 1400. The van der Waals surface area contributed by atoms with E-state index in [-0.39, 0.29) is 35.3 Å². The van der Waals surface area contributed by atoms with Crippen LogP contribution in [0.3, 0.4) is 0 Å². The number of benzene rings is 3. The highest BCUT2D eigenvalue weighted by atomic mass is 35.5. The molecule has 0 saturated heterocycles. The summed E-state index contributed by atoms with van der Waals surface area (Å²) in [6, 6.07) is 18.1. The number of ether oxygens (including phenoxy) is 5. The molecule has 0 aliphatic carbocycles. The first-order valence-corrected chi connectivity index (χ1v) is 14.1. The Hall–Kier alpha value is -4.44. The van der Waals surface area contributed by atoms with Crippen LogP contribution in [-0.2, 0) is 22.7 Å². The van der Waals surface area contributed by atoms with Crippen LogP contribution in [0, 0.1) is 0 Å². The Morgan fingerprint density at radius 3 is 1.91 bits per heavy atom. The fourth-order valence-corrected chi connectivity index (χ4v) is 3.99. The number of halogens is 1. The van der Waals surface area contributed by atoms with Crippen molar-refractivity contribution in [3.8, 4) is 23.0 Å². The predicted molar refractivity (Wildman–Crippen MR) is 165 cm³/mol. The van der Waals surface area contributed by atoms with Crippen LogP contribution in [0.5, 0.6) is 23.0 Å². The third kappa shape index (κ3) is 10.1. The summed E-state index contributed by atoms with van der Waals surface area (Å²) in [5.74, 6) is 1.47. The van der Waals surface area contributed by atoms with Gasteiger partial charge in [-0.05, 0) is 74.7 Å². The molecule has 0 unspecified atom stereocenters. The standard InChI is InChI=1S/C32H38ClN3O7/c1-7-18-34-30(37)28(35-36-31(38)43-32(2,3)4)25-16-17-26(41-19-21-8-12-23(39-5)13-9-21)29(27(25)33)42-20-22-10-14-24(40-6)15-11-22/h8-17H,7,18-20H2,1-6H3,(H,34,37)(H,36,38)/b35-28-. The predicted octanol–water partition coefficient (Wildman–Crippen LogP) is 6.27. The highest BCUT2D eigenvalue weighted by Crippen LogP contribution is 2.39. The average Bonchev–Trinajstić information content (AvgIpc) is 2.99. The zero-order chi connectivity index (χ0) is 31.4. The second-order valence-corrected chi connectivity index (χ2v) is 10.7. The Balaban J connectivity index is 1.98. The van der Waals surface area contributed by atoms with Crippen molar-refractivity contribution in [2.75, 3.05) is 20.8 Å². The van der Waals surface area contributed by atoms with Crippen molar-refractivity contribution in [3.63, 3.8) is 0 Å². The van der Waals surface area contributed by atoms with Crippen LogP contribution in [0.15, 0.2) is 65.8 Å². The molecule has 2 amide bonds. The average molecular weight is 612 g/mol. The molecule has 0 aliphatic rings. The van der Waals surface area contributed by atoms with E-state index in [9.17, 15) is 9.59 Å². The van der Waals surface area contributed by atoms with Crippen LogP contribution in [-0.4, -0.2) is 44.1 Å². The summed E-state index contributed by atoms with van der Waals surface area (Å²) in [5.41, 5.74) is 3.39. The summed E-state index contributed by atoms with van der Waals surface area (Å²) in [6.07, 6.45) is -0.125. The van der Waals surface area contributed by atoms with E-state index in [1.54, 1.807) is 47.1 Å². The number of nitrogens with zero attached hydrogens (tertiary/aromatic N) is 1. The Labute approximate surface area is 257 Å². The minimum Gasteiger partial charge on any atom is -0.497 e. The van der Waals surface area contributed by atoms with Crippen LogP contribution >= 0.6 is 11.6 Å². The fourth-order valence-electron chi connectivity index (χ4n) is 3.69. The molecule has 0 spiro atoms. The monoisotopic (exact) mass is 611 g/mol. The summed E-state index contributed by atoms with van der Waals surface area (Å²) in [5, 5.41) is 6.94. The lowest BCUT2D eigenvalue weighted by atomic mass is 10.1. The molecule has 0 aliphatic heterocycles. The zero-order valence-electron chi connectivity index (χ0n) is 25.3. The first kappa shape index (κ1) is 33.1. The van der Waals surface area contributed by atoms with Gasteiger partial charge in [-0.3, -0.25) is 4.79 Å². The van der Waals surface area contributed by atoms with Crippen LogP contribution in [0.1, 0.15) is 50.8 Å². The number of carbonyl (C=O) groups excluding carboxylic acids is 2. The number of amides is 2. The topological polar surface area (TPSA) is 117 Å². The van der Waals surface area contributed by atoms with E-state index < -0.39 is 17.6 Å². The number of hydrogen-bond acceptors (Lipinski definition) is 8. The van der Waals surface area contributed by atoms with Crippen LogP contribution in [0.2, 0.25) is 5.02 Å². The number of rotatable bonds is 13. The number of hydrazone groups is 1. The molecule has 230 valence electrons. The Morgan fingerprint density at radius 1 is 0.837 bits per heavy atom. The molecule has 3 aromatic rings. The highest BCUT2D eigenvalue weighted by molar-refractivity contribution is 6.49. The van der Waals surface area contributed by atoms with Crippen molar-refractivity contribution in [1.82, 2.24) is 10.7 Å². The molecule has 0 saturated carbocycles. The van der Waals surface area contributed by atoms with Crippen LogP contribution < -0.4 is 29.7 Å². The quantitative estimate of drug-likeness (QED) is 0.173. The van der Waals surface area contributed by atoms with Gasteiger partial charge in [0.2, 0.25) is 0 Å². The van der Waals surface area contributed by atoms with Gasteiger partial charge in [0.15, 0.2) is 17.2 Å². The molecule has 0 aromatic heterocycles. The lowest BCUT2D eigenvalue weighted by Crippen LogP contribution is -2.36. The fraction of sp³-hybridized carbons (Fsp3) is 0.344. The van der Waals surface area contributed by atoms with E-state index in [2.05, 4.69) is 15.8 Å². The zero-order valence-corrected chi connectivity index (χ0v) is 26.0. The van der Waals surface area contributed by atoms with Gasteiger partial charge in [0, 0.05) is 12.1 Å². The molecule has 3 rings (SSSR count). The van der Waals surface area contributed by atoms with Crippen molar-refractivity contribution in [2.24, 2.45) is 5.10 Å². The maximum atomic E-state index is 13.2. The molecular formula is C32H38ClN3O7. The van der Waals surface area contributed by atoms with E-state index in [0.29, 0.717) is 24.5 Å². The number of nitrogens with one attached hydrogen (secondary N) is 2. The van der Waals surface area contributed by atoms with Gasteiger partial charge in [-0.15, -0.1) is 0 Å². The molecule has 43 heavy (non-hydrogen) atoms. The second kappa shape index (κ2) is 15.7. The van der Waals surface area contributed by atoms with Crippen molar-refractivity contribution in [3.05, 3.63) is 82.4 Å². The van der Waals surface area contributed by atoms with E-state index in [4.69, 9.17) is 35.3 Å². The first-order chi connectivity index (χ1) is 20.5. The van der Waals surface area contributed by atoms with Crippen molar-refractivity contribution < 1.29 is 33.3 Å². The lowest BCUT2D eigenvalue weighted by Gasteiger charge is -2.19. The van der Waals surface area contributed by atoms with Gasteiger partial charge in [0.25, 0.3) is 5.91 Å². The molecule has 0 heterocycles. The second-order valence-electron chi connectivity index (χ2n) is 10.4. The molecule has 2 N–H and O–H groups in total. The van der Waals surface area contributed by atoms with E-state index in [0.717, 1.165) is 16.9 Å². The molecule has 0 radical (unpaired) electrons. The first-order valence-electron chi connectivity index (χ1n) is 13.7. The summed E-state index contributed by atoms with van der Waals surface area (Å²) in [7, 11) is 3.20. The van der Waals surface area contributed by atoms with E-state index in [1.165, 1.54) is 0 Å². The Kier molecular flexibility index (Phi) is 12.1. The minimum atomic E-state index is -0.820. The van der Waals surface area contributed by atoms with E-state index in [1.807, 2.05) is 55.5 Å². The van der Waals surface area contributed by atoms with Crippen LogP contribution in [0.25, 0.3) is 0 Å². The number of methoxy groups -OCH3 is 2. The van der Waals surface area contributed by atoms with Gasteiger partial charge in [0.05, 0.1) is 19.2 Å². The summed E-state index contributed by atoms with van der Waals surface area (Å²) < 4.78 is 28.0. The van der Waals surface area contributed by atoms with Gasteiger partial charge in [-0.25, -0.2) is 10.2 Å². The van der Waals surface area contributed by atoms with Gasteiger partial charge in [-0.1, -0.05) is 42.8 Å². The number of carbonyl (C=O) groups is 2. The van der Waals surface area contributed by atoms with Crippen molar-refractivity contribution >= 4 is 29.3 Å². The molecule has 0 atom stereocenters. The van der Waals surface area contributed by atoms with Gasteiger partial charge < -0.3 is 29.0 Å². The van der Waals surface area contributed by atoms with Gasteiger partial charge in [-0.2, -0.15) is 5.10 Å². The molecule has 11 heteroatoms. The molecule has 0 bridgehead atoms. The highest BCUT2D eigenvalue weighted by Gasteiger charge is 2.24. The van der Waals surface area contributed by atoms with Gasteiger partial charge >= 0.3 is 6.09 Å². The third-order valence-electron chi connectivity index (χ3n) is 5.82. The minimum absolute atomic E-state index is 0.0807. The SMILES string of the molecule is CCCNC(=O)/C(=N\NC(=O)OC(C)(C)C)c1ccc(OCc2ccc(OC)cc2)c(OCc2ccc(OC)cc2)c1Cl. The maximum Gasteiger partial charge on any atom is 0.428 e. The largest absolute Gasteiger partial charge is 0.497 e. The van der Waals surface area contributed by atoms with Crippen molar-refractivity contribution in [1.29, 1.82) is 0 Å².